The molecule has 2 fully saturated rings. The fourth-order valence-corrected chi connectivity index (χ4v) is 2.93. The third-order valence-corrected chi connectivity index (χ3v) is 4.15. The summed E-state index contributed by atoms with van der Waals surface area (Å²) in [5.41, 5.74) is 0. The molecular weight excluding hydrogens is 258 g/mol. The minimum absolute atomic E-state index is 0.279. The predicted molar refractivity (Wildman–Crippen MR) is 72.6 cm³/mol. The van der Waals surface area contributed by atoms with Gasteiger partial charge in [-0.25, -0.2) is 0 Å². The van der Waals surface area contributed by atoms with Crippen molar-refractivity contribution in [2.75, 3.05) is 39.5 Å². The zero-order valence-corrected chi connectivity index (χ0v) is 12.1. The van der Waals surface area contributed by atoms with E-state index in [0.29, 0.717) is 11.8 Å². The van der Waals surface area contributed by atoms with Crippen LogP contribution in [0, 0.1) is 6.92 Å². The van der Waals surface area contributed by atoms with Gasteiger partial charge in [0.1, 0.15) is 0 Å². The van der Waals surface area contributed by atoms with Gasteiger partial charge in [0, 0.05) is 19.4 Å². The molecule has 1 aromatic rings. The van der Waals surface area contributed by atoms with Crippen molar-refractivity contribution in [1.29, 1.82) is 0 Å². The second-order valence-electron chi connectivity index (χ2n) is 5.64. The number of nitrogens with zero attached hydrogens (tertiary/aromatic N) is 3. The quantitative estimate of drug-likeness (QED) is 0.830. The molecule has 6 nitrogen and oxygen atoms in total. The van der Waals surface area contributed by atoms with Gasteiger partial charge in [0.05, 0.1) is 25.9 Å². The molecule has 1 aromatic heterocycles. The van der Waals surface area contributed by atoms with E-state index in [9.17, 15) is 0 Å². The average Bonchev–Trinajstić information content (AvgIpc) is 2.93. The van der Waals surface area contributed by atoms with Gasteiger partial charge in [-0.3, -0.25) is 0 Å². The Morgan fingerprint density at radius 1 is 1.25 bits per heavy atom. The maximum Gasteiger partial charge on any atom is 0.223 e. The molecule has 3 rings (SSSR count). The molecular formula is C14H23N3O3. The summed E-state index contributed by atoms with van der Waals surface area (Å²) in [6.07, 6.45) is 3.56. The Morgan fingerprint density at radius 3 is 2.75 bits per heavy atom. The minimum atomic E-state index is 0.279. The zero-order chi connectivity index (χ0) is 13.8. The first-order valence-corrected chi connectivity index (χ1v) is 7.53. The third kappa shape index (κ3) is 3.56. The van der Waals surface area contributed by atoms with Crippen molar-refractivity contribution < 1.29 is 14.0 Å². The molecule has 20 heavy (non-hydrogen) atoms. The topological polar surface area (TPSA) is 60.6 Å². The molecule has 3 heterocycles. The van der Waals surface area contributed by atoms with E-state index in [-0.39, 0.29) is 6.10 Å². The number of likely N-dealkylation sites (tertiary alicyclic amines) is 1. The maximum atomic E-state index is 5.68. The highest BCUT2D eigenvalue weighted by molar-refractivity contribution is 4.97. The molecule has 0 saturated carbocycles. The highest BCUT2D eigenvalue weighted by atomic mass is 16.6. The van der Waals surface area contributed by atoms with Crippen molar-refractivity contribution in [3.05, 3.63) is 11.7 Å². The van der Waals surface area contributed by atoms with Gasteiger partial charge < -0.3 is 18.9 Å². The van der Waals surface area contributed by atoms with Gasteiger partial charge in [0.15, 0.2) is 5.82 Å². The molecule has 0 aliphatic carbocycles. The number of hydrogen-bond acceptors (Lipinski definition) is 6. The van der Waals surface area contributed by atoms with E-state index in [2.05, 4.69) is 15.0 Å². The molecule has 0 bridgehead atoms. The van der Waals surface area contributed by atoms with Gasteiger partial charge in [0.25, 0.3) is 0 Å². The molecule has 0 spiro atoms. The lowest BCUT2D eigenvalue weighted by molar-refractivity contribution is -0.0930. The summed E-state index contributed by atoms with van der Waals surface area (Å²) < 4.78 is 16.2. The van der Waals surface area contributed by atoms with Crippen molar-refractivity contribution in [2.45, 2.75) is 38.2 Å². The zero-order valence-electron chi connectivity index (χ0n) is 12.1. The molecule has 1 unspecified atom stereocenters. The summed E-state index contributed by atoms with van der Waals surface area (Å²) in [6, 6.07) is 0. The summed E-state index contributed by atoms with van der Waals surface area (Å²) in [5, 5.41) is 4.04. The Balaban J connectivity index is 1.39. The van der Waals surface area contributed by atoms with Gasteiger partial charge in [-0.1, -0.05) is 5.16 Å². The fraction of sp³-hybridized carbons (Fsp3) is 0.857. The summed E-state index contributed by atoms with van der Waals surface area (Å²) >= 11 is 0. The predicted octanol–water partition coefficient (Wildman–Crippen LogP) is 1.36. The largest absolute Gasteiger partial charge is 0.376 e. The molecule has 0 amide bonds. The number of aromatic nitrogens is 2. The number of aryl methyl sites for hydroxylation is 1. The lowest BCUT2D eigenvalue weighted by Crippen LogP contribution is -2.37. The van der Waals surface area contributed by atoms with Gasteiger partial charge in [0.2, 0.25) is 5.89 Å². The van der Waals surface area contributed by atoms with Gasteiger partial charge in [-0.15, -0.1) is 0 Å². The Bertz CT molecular complexity index is 410. The van der Waals surface area contributed by atoms with Crippen LogP contribution < -0.4 is 0 Å². The first kappa shape index (κ1) is 14.0. The molecule has 1 atom stereocenters. The lowest BCUT2D eigenvalue weighted by Gasteiger charge is -2.32. The van der Waals surface area contributed by atoms with E-state index in [1.165, 1.54) is 0 Å². The van der Waals surface area contributed by atoms with Crippen molar-refractivity contribution in [1.82, 2.24) is 15.0 Å². The number of ether oxygens (including phenoxy) is 2. The van der Waals surface area contributed by atoms with E-state index in [1.807, 2.05) is 6.92 Å². The molecule has 6 heteroatoms. The maximum absolute atomic E-state index is 5.68. The van der Waals surface area contributed by atoms with Crippen LogP contribution >= 0.6 is 0 Å². The summed E-state index contributed by atoms with van der Waals surface area (Å²) in [6.45, 7) is 7.37. The fourth-order valence-electron chi connectivity index (χ4n) is 2.93. The number of hydrogen-bond donors (Lipinski definition) is 0. The van der Waals surface area contributed by atoms with Gasteiger partial charge in [-0.05, 0) is 32.4 Å². The van der Waals surface area contributed by atoms with E-state index >= 15 is 0 Å². The Morgan fingerprint density at radius 2 is 2.10 bits per heavy atom. The van der Waals surface area contributed by atoms with Crippen LogP contribution in [0.4, 0.5) is 0 Å². The van der Waals surface area contributed by atoms with E-state index in [4.69, 9.17) is 14.0 Å². The summed E-state index contributed by atoms with van der Waals surface area (Å²) in [5.74, 6) is 2.00. The average molecular weight is 281 g/mol. The molecule has 0 radical (unpaired) electrons. The minimum Gasteiger partial charge on any atom is -0.376 e. The van der Waals surface area contributed by atoms with Crippen LogP contribution in [0.3, 0.4) is 0 Å². The van der Waals surface area contributed by atoms with Gasteiger partial charge >= 0.3 is 0 Å². The molecule has 2 aliphatic rings. The van der Waals surface area contributed by atoms with Crippen molar-refractivity contribution in [3.63, 3.8) is 0 Å². The SMILES string of the molecule is Cc1nc(C2CCN(CCC3COCCO3)CC2)no1. The summed E-state index contributed by atoms with van der Waals surface area (Å²) in [4.78, 5) is 6.85. The van der Waals surface area contributed by atoms with E-state index in [1.54, 1.807) is 0 Å². The number of rotatable bonds is 4. The highest BCUT2D eigenvalue weighted by Gasteiger charge is 2.25. The van der Waals surface area contributed by atoms with Crippen molar-refractivity contribution in [3.8, 4) is 0 Å². The molecule has 112 valence electrons. The van der Waals surface area contributed by atoms with Crippen LogP contribution in [0.25, 0.3) is 0 Å². The molecule has 2 aliphatic heterocycles. The first-order chi connectivity index (χ1) is 9.81. The molecule has 2 saturated heterocycles. The Hall–Kier alpha value is -0.980. The third-order valence-electron chi connectivity index (χ3n) is 4.15. The van der Waals surface area contributed by atoms with Crippen LogP contribution in [0.1, 0.15) is 36.9 Å². The Kier molecular flexibility index (Phi) is 4.65. The highest BCUT2D eigenvalue weighted by Crippen LogP contribution is 2.26. The monoisotopic (exact) mass is 281 g/mol. The smallest absolute Gasteiger partial charge is 0.223 e. The van der Waals surface area contributed by atoms with E-state index < -0.39 is 0 Å². The Labute approximate surface area is 119 Å². The first-order valence-electron chi connectivity index (χ1n) is 7.53. The lowest BCUT2D eigenvalue weighted by atomic mass is 9.96. The standard InChI is InChI=1S/C14H23N3O3/c1-11-15-14(16-20-11)12-2-5-17(6-3-12)7-4-13-10-18-8-9-19-13/h12-13H,2-10H2,1H3. The van der Waals surface area contributed by atoms with Crippen LogP contribution in [0.5, 0.6) is 0 Å². The molecule has 0 aromatic carbocycles. The van der Waals surface area contributed by atoms with Crippen LogP contribution in [0.2, 0.25) is 0 Å². The van der Waals surface area contributed by atoms with Crippen LogP contribution in [-0.2, 0) is 9.47 Å². The normalized spacial score (nSPS) is 25.9. The number of piperidine rings is 1. The summed E-state index contributed by atoms with van der Waals surface area (Å²) in [7, 11) is 0. The van der Waals surface area contributed by atoms with E-state index in [0.717, 1.165) is 64.5 Å². The van der Waals surface area contributed by atoms with Crippen molar-refractivity contribution >= 4 is 0 Å². The van der Waals surface area contributed by atoms with Crippen LogP contribution in [0.15, 0.2) is 4.52 Å². The van der Waals surface area contributed by atoms with Crippen molar-refractivity contribution in [2.24, 2.45) is 0 Å². The second kappa shape index (κ2) is 6.65. The van der Waals surface area contributed by atoms with Crippen LogP contribution in [-0.4, -0.2) is 60.6 Å². The van der Waals surface area contributed by atoms with Gasteiger partial charge in [-0.2, -0.15) is 4.98 Å². The second-order valence-corrected chi connectivity index (χ2v) is 5.64. The molecule has 0 N–H and O–H groups in total.